The molecule has 0 aliphatic heterocycles. The van der Waals surface area contributed by atoms with E-state index >= 15 is 0 Å². The molecule has 0 bridgehead atoms. The lowest BCUT2D eigenvalue weighted by molar-refractivity contribution is -0.139. The number of alkyl halides is 3. The summed E-state index contributed by atoms with van der Waals surface area (Å²) in [5.74, 6) is -0.652. The predicted molar refractivity (Wildman–Crippen MR) is 56.9 cm³/mol. The SMILES string of the molecule is COC(=O)Cc1cc(C#N)c(C(F)(F)F)cc1Cl. The van der Waals surface area contributed by atoms with Gasteiger partial charge in [-0.15, -0.1) is 0 Å². The topological polar surface area (TPSA) is 50.1 Å². The van der Waals surface area contributed by atoms with Crippen molar-refractivity contribution in [1.29, 1.82) is 5.26 Å². The molecule has 0 radical (unpaired) electrons. The van der Waals surface area contributed by atoms with Crippen LogP contribution in [0.2, 0.25) is 5.02 Å². The highest BCUT2D eigenvalue weighted by molar-refractivity contribution is 6.31. The second-order valence-corrected chi connectivity index (χ2v) is 3.76. The number of carbonyl (C=O) groups excluding carboxylic acids is 1. The van der Waals surface area contributed by atoms with Gasteiger partial charge in [-0.1, -0.05) is 11.6 Å². The monoisotopic (exact) mass is 277 g/mol. The summed E-state index contributed by atoms with van der Waals surface area (Å²) >= 11 is 5.65. The van der Waals surface area contributed by atoms with E-state index in [4.69, 9.17) is 16.9 Å². The van der Waals surface area contributed by atoms with Crippen LogP contribution < -0.4 is 0 Å². The first-order chi connectivity index (χ1) is 8.29. The van der Waals surface area contributed by atoms with Gasteiger partial charge in [-0.05, 0) is 17.7 Å². The largest absolute Gasteiger partial charge is 0.469 e. The van der Waals surface area contributed by atoms with Crippen LogP contribution in [-0.2, 0) is 22.1 Å². The van der Waals surface area contributed by atoms with Crippen LogP contribution in [0.15, 0.2) is 12.1 Å². The van der Waals surface area contributed by atoms with Gasteiger partial charge in [-0.2, -0.15) is 18.4 Å². The van der Waals surface area contributed by atoms with Crippen molar-refractivity contribution < 1.29 is 22.7 Å². The Morgan fingerprint density at radius 3 is 2.56 bits per heavy atom. The van der Waals surface area contributed by atoms with Crippen molar-refractivity contribution >= 4 is 17.6 Å². The number of esters is 1. The number of ether oxygens (including phenoxy) is 1. The summed E-state index contributed by atoms with van der Waals surface area (Å²) in [5.41, 5.74) is -1.58. The number of hydrogen-bond donors (Lipinski definition) is 0. The summed E-state index contributed by atoms with van der Waals surface area (Å²) in [4.78, 5) is 11.0. The van der Waals surface area contributed by atoms with Gasteiger partial charge < -0.3 is 4.74 Å². The molecule has 7 heteroatoms. The first-order valence-electron chi connectivity index (χ1n) is 4.66. The van der Waals surface area contributed by atoms with Gasteiger partial charge in [0.2, 0.25) is 0 Å². The predicted octanol–water partition coefficient (Wildman–Crippen LogP) is 2.95. The molecule has 0 aliphatic carbocycles. The zero-order valence-electron chi connectivity index (χ0n) is 9.14. The van der Waals surface area contributed by atoms with Crippen LogP contribution in [-0.4, -0.2) is 13.1 Å². The molecular weight excluding hydrogens is 271 g/mol. The Morgan fingerprint density at radius 1 is 1.50 bits per heavy atom. The Balaban J connectivity index is 3.28. The molecule has 3 nitrogen and oxygen atoms in total. The van der Waals surface area contributed by atoms with E-state index in [1.807, 2.05) is 0 Å². The van der Waals surface area contributed by atoms with Crippen LogP contribution in [0.5, 0.6) is 0 Å². The fourth-order valence-corrected chi connectivity index (χ4v) is 1.54. The highest BCUT2D eigenvalue weighted by Crippen LogP contribution is 2.35. The third kappa shape index (κ3) is 3.14. The van der Waals surface area contributed by atoms with Crippen molar-refractivity contribution in [3.8, 4) is 6.07 Å². The van der Waals surface area contributed by atoms with Crippen LogP contribution in [0.1, 0.15) is 16.7 Å². The Kier molecular flexibility index (Phi) is 4.19. The van der Waals surface area contributed by atoms with Crippen molar-refractivity contribution in [3.05, 3.63) is 33.8 Å². The summed E-state index contributed by atoms with van der Waals surface area (Å²) in [5, 5.41) is 8.45. The molecule has 0 fully saturated rings. The lowest BCUT2D eigenvalue weighted by atomic mass is 10.0. The van der Waals surface area contributed by atoms with Crippen LogP contribution in [0.3, 0.4) is 0 Å². The molecule has 18 heavy (non-hydrogen) atoms. The highest BCUT2D eigenvalue weighted by Gasteiger charge is 2.34. The standard InChI is InChI=1S/C11H7ClF3NO2/c1-18-10(17)3-6-2-7(5-16)8(4-9(6)12)11(13,14)15/h2,4H,3H2,1H3. The lowest BCUT2D eigenvalue weighted by Gasteiger charge is -2.11. The Hall–Kier alpha value is -1.74. The molecule has 0 N–H and O–H groups in total. The minimum atomic E-state index is -4.67. The molecule has 1 rings (SSSR count). The summed E-state index contributed by atoms with van der Waals surface area (Å²) < 4.78 is 42.1. The Labute approximate surface area is 106 Å². The number of rotatable bonds is 2. The number of nitriles is 1. The molecule has 0 atom stereocenters. The number of halogens is 4. The summed E-state index contributed by atoms with van der Waals surface area (Å²) in [6.45, 7) is 0. The molecule has 0 unspecified atom stereocenters. The van der Waals surface area contributed by atoms with Crippen molar-refractivity contribution in [2.45, 2.75) is 12.6 Å². The minimum Gasteiger partial charge on any atom is -0.469 e. The van der Waals surface area contributed by atoms with E-state index in [2.05, 4.69) is 4.74 Å². The molecule has 0 amide bonds. The number of hydrogen-bond acceptors (Lipinski definition) is 3. The molecule has 0 aliphatic rings. The highest BCUT2D eigenvalue weighted by atomic mass is 35.5. The van der Waals surface area contributed by atoms with Gasteiger partial charge in [0.05, 0.1) is 30.7 Å². The quantitative estimate of drug-likeness (QED) is 0.781. The third-order valence-corrected chi connectivity index (χ3v) is 2.53. The van der Waals surface area contributed by atoms with E-state index in [9.17, 15) is 18.0 Å². The summed E-state index contributed by atoms with van der Waals surface area (Å²) in [6.07, 6.45) is -4.96. The van der Waals surface area contributed by atoms with Gasteiger partial charge in [0.25, 0.3) is 0 Å². The van der Waals surface area contributed by atoms with Gasteiger partial charge in [0.15, 0.2) is 0 Å². The fraction of sp³-hybridized carbons (Fsp3) is 0.273. The smallest absolute Gasteiger partial charge is 0.417 e. The maximum atomic E-state index is 12.6. The first kappa shape index (κ1) is 14.3. The molecule has 0 spiro atoms. The van der Waals surface area contributed by atoms with Crippen molar-refractivity contribution in [3.63, 3.8) is 0 Å². The fourth-order valence-electron chi connectivity index (χ4n) is 1.31. The van der Waals surface area contributed by atoms with Crippen molar-refractivity contribution in [2.75, 3.05) is 7.11 Å². The van der Waals surface area contributed by atoms with Crippen LogP contribution in [0, 0.1) is 11.3 Å². The first-order valence-corrected chi connectivity index (χ1v) is 5.04. The second-order valence-electron chi connectivity index (χ2n) is 3.35. The Morgan fingerprint density at radius 2 is 2.11 bits per heavy atom. The van der Waals surface area contributed by atoms with E-state index in [1.54, 1.807) is 0 Å². The lowest BCUT2D eigenvalue weighted by Crippen LogP contribution is -2.10. The second kappa shape index (κ2) is 5.27. The molecule has 0 saturated heterocycles. The minimum absolute atomic E-state index is 0.119. The maximum absolute atomic E-state index is 12.6. The number of methoxy groups -OCH3 is 1. The number of nitrogens with zero attached hydrogens (tertiary/aromatic N) is 1. The maximum Gasteiger partial charge on any atom is 0.417 e. The van der Waals surface area contributed by atoms with Gasteiger partial charge in [0, 0.05) is 5.02 Å². The van der Waals surface area contributed by atoms with E-state index in [-0.39, 0.29) is 17.0 Å². The molecule has 1 aromatic carbocycles. The third-order valence-electron chi connectivity index (χ3n) is 2.17. The Bertz CT molecular complexity index is 520. The van der Waals surface area contributed by atoms with Crippen LogP contribution in [0.25, 0.3) is 0 Å². The van der Waals surface area contributed by atoms with Crippen molar-refractivity contribution in [2.24, 2.45) is 0 Å². The van der Waals surface area contributed by atoms with Crippen molar-refractivity contribution in [1.82, 2.24) is 0 Å². The molecule has 1 aromatic rings. The summed E-state index contributed by atoms with van der Waals surface area (Å²) in [7, 11) is 1.14. The van der Waals surface area contributed by atoms with Crippen LogP contribution in [0.4, 0.5) is 13.2 Å². The zero-order valence-corrected chi connectivity index (χ0v) is 9.89. The molecule has 0 saturated carbocycles. The van der Waals surface area contributed by atoms with E-state index in [0.29, 0.717) is 6.07 Å². The van der Waals surface area contributed by atoms with Gasteiger partial charge >= 0.3 is 12.1 Å². The van der Waals surface area contributed by atoms with Crippen LogP contribution >= 0.6 is 11.6 Å². The summed E-state index contributed by atoms with van der Waals surface area (Å²) in [6, 6.07) is 3.01. The normalized spacial score (nSPS) is 10.9. The van der Waals surface area contributed by atoms with E-state index in [1.165, 1.54) is 6.07 Å². The average Bonchev–Trinajstić information content (AvgIpc) is 2.29. The van der Waals surface area contributed by atoms with Gasteiger partial charge in [0.1, 0.15) is 0 Å². The number of benzene rings is 1. The average molecular weight is 278 g/mol. The number of carbonyl (C=O) groups is 1. The molecule has 0 heterocycles. The molecular formula is C11H7ClF3NO2. The van der Waals surface area contributed by atoms with Gasteiger partial charge in [-0.25, -0.2) is 0 Å². The molecule has 96 valence electrons. The van der Waals surface area contributed by atoms with E-state index in [0.717, 1.165) is 13.2 Å². The zero-order chi connectivity index (χ0) is 13.9. The van der Waals surface area contributed by atoms with E-state index < -0.39 is 23.3 Å². The molecule has 0 aromatic heterocycles. The van der Waals surface area contributed by atoms with Gasteiger partial charge in [-0.3, -0.25) is 4.79 Å².